The molecular formula is C14H24N4O2. The van der Waals surface area contributed by atoms with Crippen molar-refractivity contribution in [2.75, 3.05) is 25.0 Å². The number of aryl methyl sites for hydroxylation is 2. The average Bonchev–Trinajstić information content (AvgIpc) is 2.54. The molecule has 0 aromatic carbocycles. The van der Waals surface area contributed by atoms with E-state index in [1.54, 1.807) is 4.68 Å². The second-order valence-corrected chi connectivity index (χ2v) is 5.67. The van der Waals surface area contributed by atoms with Crippen LogP contribution < -0.4 is 5.32 Å². The van der Waals surface area contributed by atoms with E-state index in [1.165, 1.54) is 0 Å². The Bertz CT molecular complexity index is 488. The van der Waals surface area contributed by atoms with Crippen LogP contribution in [0.1, 0.15) is 25.2 Å². The van der Waals surface area contributed by atoms with Crippen molar-refractivity contribution < 1.29 is 9.53 Å². The molecule has 1 aromatic rings. The summed E-state index contributed by atoms with van der Waals surface area (Å²) in [6.07, 6.45) is 0.349. The van der Waals surface area contributed by atoms with E-state index in [1.807, 2.05) is 34.7 Å². The zero-order valence-corrected chi connectivity index (χ0v) is 12.9. The van der Waals surface area contributed by atoms with Crippen LogP contribution in [0.4, 0.5) is 5.69 Å². The highest BCUT2D eigenvalue weighted by atomic mass is 16.5. The monoisotopic (exact) mass is 280 g/mol. The number of ether oxygens (including phenoxy) is 1. The fraction of sp³-hybridized carbons (Fsp3) is 0.714. The maximum Gasteiger partial charge on any atom is 0.238 e. The van der Waals surface area contributed by atoms with Gasteiger partial charge in [0.25, 0.3) is 0 Å². The summed E-state index contributed by atoms with van der Waals surface area (Å²) in [5, 5.41) is 7.27. The Kier molecular flexibility index (Phi) is 4.45. The van der Waals surface area contributed by atoms with Gasteiger partial charge in [-0.3, -0.25) is 14.4 Å². The van der Waals surface area contributed by atoms with Gasteiger partial charge < -0.3 is 10.1 Å². The molecule has 0 spiro atoms. The van der Waals surface area contributed by atoms with Crippen molar-refractivity contribution in [3.05, 3.63) is 11.4 Å². The molecule has 112 valence electrons. The van der Waals surface area contributed by atoms with E-state index in [-0.39, 0.29) is 18.1 Å². The maximum absolute atomic E-state index is 12.2. The van der Waals surface area contributed by atoms with E-state index in [0.29, 0.717) is 6.54 Å². The minimum atomic E-state index is 0.00509. The minimum Gasteiger partial charge on any atom is -0.373 e. The first-order valence-electron chi connectivity index (χ1n) is 7.04. The number of amides is 1. The third-order valence-electron chi connectivity index (χ3n) is 3.64. The van der Waals surface area contributed by atoms with Gasteiger partial charge in [0.2, 0.25) is 5.91 Å². The number of carbonyl (C=O) groups excluding carboxylic acids is 1. The van der Waals surface area contributed by atoms with Crippen LogP contribution in [0.15, 0.2) is 0 Å². The van der Waals surface area contributed by atoms with Crippen molar-refractivity contribution in [3.8, 4) is 0 Å². The first kappa shape index (κ1) is 15.0. The smallest absolute Gasteiger partial charge is 0.238 e. The highest BCUT2D eigenvalue weighted by Gasteiger charge is 2.24. The van der Waals surface area contributed by atoms with Gasteiger partial charge in [-0.2, -0.15) is 5.10 Å². The maximum atomic E-state index is 12.2. The number of nitrogens with one attached hydrogen (secondary N) is 1. The molecule has 1 amide bonds. The van der Waals surface area contributed by atoms with E-state index in [4.69, 9.17) is 4.74 Å². The average molecular weight is 280 g/mol. The molecular weight excluding hydrogens is 256 g/mol. The summed E-state index contributed by atoms with van der Waals surface area (Å²) in [5.41, 5.74) is 2.65. The van der Waals surface area contributed by atoms with Gasteiger partial charge in [0, 0.05) is 20.1 Å². The van der Waals surface area contributed by atoms with Crippen molar-refractivity contribution in [3.63, 3.8) is 0 Å². The molecule has 1 fully saturated rings. The Balaban J connectivity index is 1.95. The summed E-state index contributed by atoms with van der Waals surface area (Å²) in [7, 11) is 1.88. The predicted molar refractivity (Wildman–Crippen MR) is 77.8 cm³/mol. The summed E-state index contributed by atoms with van der Waals surface area (Å²) in [5.74, 6) is 0.00509. The second-order valence-electron chi connectivity index (χ2n) is 5.67. The van der Waals surface area contributed by atoms with Gasteiger partial charge in [-0.1, -0.05) is 0 Å². The molecule has 2 heterocycles. The van der Waals surface area contributed by atoms with Crippen molar-refractivity contribution >= 4 is 11.6 Å². The van der Waals surface area contributed by atoms with Crippen molar-refractivity contribution in [2.24, 2.45) is 7.05 Å². The SMILES string of the molecule is Cc1nn(C)c(C)c1NC(=O)CN1C[C@@H](C)O[C@@H](C)C1. The lowest BCUT2D eigenvalue weighted by molar-refractivity contribution is -0.121. The molecule has 6 heteroatoms. The lowest BCUT2D eigenvalue weighted by Crippen LogP contribution is -2.48. The Labute approximate surface area is 120 Å². The highest BCUT2D eigenvalue weighted by Crippen LogP contribution is 2.18. The molecule has 2 atom stereocenters. The number of carbonyl (C=O) groups is 1. The molecule has 20 heavy (non-hydrogen) atoms. The molecule has 1 aliphatic heterocycles. The zero-order chi connectivity index (χ0) is 14.9. The van der Waals surface area contributed by atoms with Crippen LogP contribution in [0.5, 0.6) is 0 Å². The number of hydrogen-bond acceptors (Lipinski definition) is 4. The van der Waals surface area contributed by atoms with Crippen molar-refractivity contribution in [2.45, 2.75) is 39.9 Å². The van der Waals surface area contributed by atoms with E-state index in [9.17, 15) is 4.79 Å². The van der Waals surface area contributed by atoms with Gasteiger partial charge in [0.1, 0.15) is 0 Å². The second kappa shape index (κ2) is 5.93. The molecule has 0 radical (unpaired) electrons. The summed E-state index contributed by atoms with van der Waals surface area (Å²) in [4.78, 5) is 14.3. The standard InChI is InChI=1S/C14H24N4O2/c1-9-6-18(7-10(2)20-9)8-13(19)15-14-11(3)16-17(5)12(14)4/h9-10H,6-8H2,1-5H3,(H,15,19)/t9-,10+. The third kappa shape index (κ3) is 3.37. The Morgan fingerprint density at radius 2 is 1.95 bits per heavy atom. The van der Waals surface area contributed by atoms with Crippen LogP contribution in [-0.4, -0.2) is 52.4 Å². The fourth-order valence-electron chi connectivity index (χ4n) is 2.75. The van der Waals surface area contributed by atoms with Gasteiger partial charge >= 0.3 is 0 Å². The number of anilines is 1. The van der Waals surface area contributed by atoms with Crippen LogP contribution in [0, 0.1) is 13.8 Å². The highest BCUT2D eigenvalue weighted by molar-refractivity contribution is 5.93. The fourth-order valence-corrected chi connectivity index (χ4v) is 2.75. The number of rotatable bonds is 3. The van der Waals surface area contributed by atoms with E-state index in [0.717, 1.165) is 30.2 Å². The van der Waals surface area contributed by atoms with Crippen LogP contribution >= 0.6 is 0 Å². The number of morpholine rings is 1. The van der Waals surface area contributed by atoms with Gasteiger partial charge in [-0.25, -0.2) is 0 Å². The number of nitrogens with zero attached hydrogens (tertiary/aromatic N) is 3. The van der Waals surface area contributed by atoms with Crippen LogP contribution in [0.25, 0.3) is 0 Å². The molecule has 0 bridgehead atoms. The van der Waals surface area contributed by atoms with Crippen molar-refractivity contribution in [1.82, 2.24) is 14.7 Å². The molecule has 2 rings (SSSR count). The minimum absolute atomic E-state index is 0.00509. The molecule has 0 unspecified atom stereocenters. The molecule has 6 nitrogen and oxygen atoms in total. The summed E-state index contributed by atoms with van der Waals surface area (Å²) in [6, 6.07) is 0. The molecule has 0 aliphatic carbocycles. The quantitative estimate of drug-likeness (QED) is 0.900. The van der Waals surface area contributed by atoms with Gasteiger partial charge in [0.05, 0.1) is 35.8 Å². The Hall–Kier alpha value is -1.40. The van der Waals surface area contributed by atoms with Crippen LogP contribution in [-0.2, 0) is 16.6 Å². The largest absolute Gasteiger partial charge is 0.373 e. The van der Waals surface area contributed by atoms with E-state index < -0.39 is 0 Å². The Morgan fingerprint density at radius 1 is 1.35 bits per heavy atom. The lowest BCUT2D eigenvalue weighted by atomic mass is 10.2. The van der Waals surface area contributed by atoms with Gasteiger partial charge in [-0.15, -0.1) is 0 Å². The zero-order valence-electron chi connectivity index (χ0n) is 12.9. The summed E-state index contributed by atoms with van der Waals surface area (Å²) >= 11 is 0. The van der Waals surface area contributed by atoms with Crippen LogP contribution in [0.2, 0.25) is 0 Å². The molecule has 0 saturated carbocycles. The first-order chi connectivity index (χ1) is 9.36. The number of aromatic nitrogens is 2. The predicted octanol–water partition coefficient (Wildman–Crippen LogP) is 1.08. The topological polar surface area (TPSA) is 59.4 Å². The normalized spacial score (nSPS) is 23.9. The molecule has 1 aromatic heterocycles. The molecule has 1 aliphatic rings. The lowest BCUT2D eigenvalue weighted by Gasteiger charge is -2.34. The van der Waals surface area contributed by atoms with Gasteiger partial charge in [0.15, 0.2) is 0 Å². The molecule has 1 N–H and O–H groups in total. The van der Waals surface area contributed by atoms with E-state index >= 15 is 0 Å². The first-order valence-corrected chi connectivity index (χ1v) is 7.04. The Morgan fingerprint density at radius 3 is 2.45 bits per heavy atom. The summed E-state index contributed by atoms with van der Waals surface area (Å²) < 4.78 is 7.45. The number of hydrogen-bond donors (Lipinski definition) is 1. The third-order valence-corrected chi connectivity index (χ3v) is 3.64. The summed E-state index contributed by atoms with van der Waals surface area (Å²) in [6.45, 7) is 9.92. The van der Waals surface area contributed by atoms with Crippen LogP contribution in [0.3, 0.4) is 0 Å². The molecule has 1 saturated heterocycles. The van der Waals surface area contributed by atoms with E-state index in [2.05, 4.69) is 15.3 Å². The van der Waals surface area contributed by atoms with Gasteiger partial charge in [-0.05, 0) is 27.7 Å². The van der Waals surface area contributed by atoms with Crippen molar-refractivity contribution in [1.29, 1.82) is 0 Å².